The summed E-state index contributed by atoms with van der Waals surface area (Å²) in [4.78, 5) is 14.8. The lowest BCUT2D eigenvalue weighted by molar-refractivity contribution is 0.0740. The van der Waals surface area contributed by atoms with Gasteiger partial charge in [-0.3, -0.25) is 0 Å². The molecule has 0 saturated heterocycles. The summed E-state index contributed by atoms with van der Waals surface area (Å²) in [5.41, 5.74) is 0.645. The fraction of sp³-hybridized carbons (Fsp3) is 0.500. The quantitative estimate of drug-likeness (QED) is 0.175. The summed E-state index contributed by atoms with van der Waals surface area (Å²) >= 11 is 3.30. The number of nitriles is 1. The SMILES string of the molecule is CCCCCc1cc2sc(C(=O)Oc3ccc(C4(C#N)CCC(CCC)CC4)cc3)cc2s1. The van der Waals surface area contributed by atoms with Crippen molar-refractivity contribution in [2.45, 2.75) is 83.5 Å². The number of carbonyl (C=O) groups excluding carboxylic acids is 1. The van der Waals surface area contributed by atoms with Crippen molar-refractivity contribution in [1.29, 1.82) is 5.26 Å². The van der Waals surface area contributed by atoms with Gasteiger partial charge in [0.05, 0.1) is 11.5 Å². The molecule has 2 heterocycles. The van der Waals surface area contributed by atoms with Crippen LogP contribution in [-0.4, -0.2) is 5.97 Å². The van der Waals surface area contributed by atoms with Gasteiger partial charge in [-0.15, -0.1) is 22.7 Å². The van der Waals surface area contributed by atoms with Crippen molar-refractivity contribution in [2.24, 2.45) is 5.92 Å². The number of unbranched alkanes of at least 4 members (excludes halogenated alkanes) is 2. The van der Waals surface area contributed by atoms with E-state index >= 15 is 0 Å². The predicted octanol–water partition coefficient (Wildman–Crippen LogP) is 8.67. The molecule has 3 nitrogen and oxygen atoms in total. The van der Waals surface area contributed by atoms with Crippen LogP contribution in [0, 0.1) is 17.2 Å². The zero-order chi connectivity index (χ0) is 23.3. The molecule has 0 aliphatic heterocycles. The van der Waals surface area contributed by atoms with Gasteiger partial charge < -0.3 is 4.74 Å². The van der Waals surface area contributed by atoms with Crippen LogP contribution in [0.25, 0.3) is 9.40 Å². The Balaban J connectivity index is 1.39. The minimum absolute atomic E-state index is 0.307. The van der Waals surface area contributed by atoms with Gasteiger partial charge in [0, 0.05) is 14.3 Å². The number of thiophene rings is 2. The number of ether oxygens (including phenoxy) is 1. The molecule has 0 amide bonds. The molecule has 1 aliphatic carbocycles. The minimum Gasteiger partial charge on any atom is -0.422 e. The van der Waals surface area contributed by atoms with Gasteiger partial charge in [0.1, 0.15) is 10.6 Å². The van der Waals surface area contributed by atoms with E-state index in [1.54, 1.807) is 11.3 Å². The van der Waals surface area contributed by atoms with Crippen LogP contribution >= 0.6 is 22.7 Å². The Morgan fingerprint density at radius 1 is 1.06 bits per heavy atom. The molecule has 174 valence electrons. The molecule has 2 aromatic heterocycles. The summed E-state index contributed by atoms with van der Waals surface area (Å²) in [6.45, 7) is 4.45. The maximum absolute atomic E-state index is 12.7. The third kappa shape index (κ3) is 5.50. The summed E-state index contributed by atoms with van der Waals surface area (Å²) < 4.78 is 8.00. The zero-order valence-corrected chi connectivity index (χ0v) is 21.3. The first kappa shape index (κ1) is 24.0. The van der Waals surface area contributed by atoms with Crippen LogP contribution in [0.4, 0.5) is 0 Å². The normalized spacial score (nSPS) is 20.6. The van der Waals surface area contributed by atoms with Gasteiger partial charge in [0.2, 0.25) is 0 Å². The number of nitrogens with zero attached hydrogens (tertiary/aromatic N) is 1. The molecule has 33 heavy (non-hydrogen) atoms. The van der Waals surface area contributed by atoms with Gasteiger partial charge in [-0.25, -0.2) is 4.79 Å². The first-order valence-electron chi connectivity index (χ1n) is 12.3. The van der Waals surface area contributed by atoms with Crippen molar-refractivity contribution in [2.75, 3.05) is 0 Å². The highest BCUT2D eigenvalue weighted by Gasteiger charge is 2.36. The Bertz CT molecular complexity index is 1080. The first-order valence-corrected chi connectivity index (χ1v) is 14.0. The van der Waals surface area contributed by atoms with E-state index in [9.17, 15) is 10.1 Å². The summed E-state index contributed by atoms with van der Waals surface area (Å²) in [6.07, 6.45) is 11.4. The van der Waals surface area contributed by atoms with Crippen LogP contribution in [0.15, 0.2) is 36.4 Å². The van der Waals surface area contributed by atoms with Crippen LogP contribution in [0.2, 0.25) is 0 Å². The molecule has 0 spiro atoms. The van der Waals surface area contributed by atoms with Crippen LogP contribution < -0.4 is 4.74 Å². The molecule has 0 unspecified atom stereocenters. The molecule has 0 radical (unpaired) electrons. The third-order valence-electron chi connectivity index (χ3n) is 6.97. The monoisotopic (exact) mass is 479 g/mol. The Morgan fingerprint density at radius 2 is 1.79 bits per heavy atom. The number of esters is 1. The number of carbonyl (C=O) groups is 1. The molecule has 0 atom stereocenters. The van der Waals surface area contributed by atoms with E-state index in [0.29, 0.717) is 10.6 Å². The fourth-order valence-electron chi connectivity index (χ4n) is 4.99. The highest BCUT2D eigenvalue weighted by Crippen LogP contribution is 2.43. The second-order valence-corrected chi connectivity index (χ2v) is 11.6. The number of benzene rings is 1. The number of hydrogen-bond acceptors (Lipinski definition) is 5. The largest absolute Gasteiger partial charge is 0.422 e. The summed E-state index contributed by atoms with van der Waals surface area (Å²) in [6, 6.07) is 14.4. The van der Waals surface area contributed by atoms with Crippen LogP contribution in [0.5, 0.6) is 5.75 Å². The minimum atomic E-state index is -0.403. The molecular weight excluding hydrogens is 446 g/mol. The average molecular weight is 480 g/mol. The highest BCUT2D eigenvalue weighted by atomic mass is 32.1. The molecule has 1 saturated carbocycles. The van der Waals surface area contributed by atoms with Crippen LogP contribution in [0.3, 0.4) is 0 Å². The lowest BCUT2D eigenvalue weighted by atomic mass is 9.67. The van der Waals surface area contributed by atoms with E-state index in [1.807, 2.05) is 30.3 Å². The summed E-state index contributed by atoms with van der Waals surface area (Å²) in [5.74, 6) is 0.983. The molecule has 1 aliphatic rings. The summed E-state index contributed by atoms with van der Waals surface area (Å²) in [7, 11) is 0. The number of rotatable bonds is 9. The van der Waals surface area contributed by atoms with E-state index < -0.39 is 5.41 Å². The molecule has 1 fully saturated rings. The van der Waals surface area contributed by atoms with Gasteiger partial charge in [-0.1, -0.05) is 51.7 Å². The van der Waals surface area contributed by atoms with Crippen molar-refractivity contribution in [1.82, 2.24) is 0 Å². The lowest BCUT2D eigenvalue weighted by Crippen LogP contribution is -2.30. The van der Waals surface area contributed by atoms with Gasteiger partial charge >= 0.3 is 5.97 Å². The smallest absolute Gasteiger partial charge is 0.353 e. The van der Waals surface area contributed by atoms with Crippen molar-refractivity contribution in [3.63, 3.8) is 0 Å². The van der Waals surface area contributed by atoms with E-state index in [0.717, 1.165) is 43.6 Å². The van der Waals surface area contributed by atoms with Crippen LogP contribution in [0.1, 0.15) is 91.7 Å². The van der Waals surface area contributed by atoms with Gasteiger partial charge in [0.15, 0.2) is 0 Å². The topological polar surface area (TPSA) is 50.1 Å². The van der Waals surface area contributed by atoms with Crippen molar-refractivity contribution in [3.05, 3.63) is 51.7 Å². The maximum atomic E-state index is 12.7. The first-order chi connectivity index (χ1) is 16.1. The van der Waals surface area contributed by atoms with E-state index in [-0.39, 0.29) is 5.97 Å². The Kier molecular flexibility index (Phi) is 7.88. The molecule has 3 aromatic rings. The number of aryl methyl sites for hydroxylation is 1. The Labute approximate surface area is 205 Å². The number of hydrogen-bond donors (Lipinski definition) is 0. The predicted molar refractivity (Wildman–Crippen MR) is 138 cm³/mol. The average Bonchev–Trinajstić information content (AvgIpc) is 3.40. The number of fused-ring (bicyclic) bond motifs is 1. The maximum Gasteiger partial charge on any atom is 0.353 e. The molecule has 0 bridgehead atoms. The lowest BCUT2D eigenvalue weighted by Gasteiger charge is -2.35. The van der Waals surface area contributed by atoms with Crippen molar-refractivity contribution >= 4 is 38.0 Å². The summed E-state index contributed by atoms with van der Waals surface area (Å²) in [5, 5.41) is 9.97. The van der Waals surface area contributed by atoms with Crippen molar-refractivity contribution < 1.29 is 9.53 Å². The van der Waals surface area contributed by atoms with E-state index in [1.165, 1.54) is 57.7 Å². The van der Waals surface area contributed by atoms with Gasteiger partial charge in [-0.2, -0.15) is 5.26 Å². The standard InChI is InChI=1S/C28H33NO2S2/c1-3-5-6-8-23-17-24-25(32-23)18-26(33-24)27(30)31-22-11-9-21(10-12-22)28(19-29)15-13-20(7-4-2)14-16-28/h9-12,17-18,20H,3-8,13-16H2,1-2H3. The third-order valence-corrected chi connectivity index (χ3v) is 9.31. The molecule has 0 N–H and O–H groups in total. The molecule has 4 rings (SSSR count). The second-order valence-electron chi connectivity index (χ2n) is 9.35. The van der Waals surface area contributed by atoms with Gasteiger partial charge in [0.25, 0.3) is 0 Å². The Hall–Kier alpha value is -2.16. The van der Waals surface area contributed by atoms with Crippen LogP contribution in [-0.2, 0) is 11.8 Å². The highest BCUT2D eigenvalue weighted by molar-refractivity contribution is 7.28. The Morgan fingerprint density at radius 3 is 2.42 bits per heavy atom. The molecule has 1 aromatic carbocycles. The zero-order valence-electron chi connectivity index (χ0n) is 19.7. The van der Waals surface area contributed by atoms with Gasteiger partial charge in [-0.05, 0) is 74.3 Å². The molecular formula is C28H33NO2S2. The second kappa shape index (κ2) is 10.8. The van der Waals surface area contributed by atoms with E-state index in [2.05, 4.69) is 26.0 Å². The van der Waals surface area contributed by atoms with E-state index in [4.69, 9.17) is 4.74 Å². The molecule has 5 heteroatoms. The fourth-order valence-corrected chi connectivity index (χ4v) is 7.33. The van der Waals surface area contributed by atoms with Crippen molar-refractivity contribution in [3.8, 4) is 11.8 Å².